The van der Waals surface area contributed by atoms with Gasteiger partial charge in [-0.1, -0.05) is 37.3 Å². The van der Waals surface area contributed by atoms with Crippen LogP contribution in [0.3, 0.4) is 0 Å². The van der Waals surface area contributed by atoms with Gasteiger partial charge in [-0.25, -0.2) is 4.98 Å². The van der Waals surface area contributed by atoms with Crippen molar-refractivity contribution in [3.05, 3.63) is 40.5 Å². The molecule has 1 unspecified atom stereocenters. The van der Waals surface area contributed by atoms with Crippen LogP contribution in [0.5, 0.6) is 11.6 Å². The lowest BCUT2D eigenvalue weighted by Crippen LogP contribution is -2.31. The first-order valence-corrected chi connectivity index (χ1v) is 9.50. The van der Waals surface area contributed by atoms with Crippen molar-refractivity contribution in [2.24, 2.45) is 0 Å². The lowest BCUT2D eigenvalue weighted by Gasteiger charge is -2.30. The third kappa shape index (κ3) is 3.40. The van der Waals surface area contributed by atoms with Crippen LogP contribution in [-0.2, 0) is 6.42 Å². The Hall–Kier alpha value is -2.16. The molecular weight excluding hydrogens is 352 g/mol. The zero-order chi connectivity index (χ0) is 18.7. The Labute approximate surface area is 156 Å². The molecule has 3 rings (SSSR count). The number of hydrogen-bond donors (Lipinski definition) is 2. The second-order valence-electron chi connectivity index (χ2n) is 5.90. The maximum Gasteiger partial charge on any atom is 0.230 e. The fraction of sp³-hybridized carbons (Fsp3) is 0.444. The molecule has 0 bridgehead atoms. The molecule has 0 saturated heterocycles. The molecule has 1 aromatic carbocycles. The molecule has 2 N–H and O–H groups in total. The highest BCUT2D eigenvalue weighted by molar-refractivity contribution is 7.17. The third-order valence-corrected chi connectivity index (χ3v) is 5.45. The predicted octanol–water partition coefficient (Wildman–Crippen LogP) is 2.47. The van der Waals surface area contributed by atoms with Crippen molar-refractivity contribution in [2.45, 2.75) is 26.3 Å². The van der Waals surface area contributed by atoms with Crippen molar-refractivity contribution in [3.63, 3.8) is 0 Å². The molecule has 2 aromatic heterocycles. The molecule has 26 heavy (non-hydrogen) atoms. The van der Waals surface area contributed by atoms with Crippen LogP contribution in [0.4, 0.5) is 0 Å². The number of nitrogens with zero attached hydrogens (tertiary/aromatic N) is 4. The molecule has 0 radical (unpaired) electrons. The number of likely N-dealkylation sites (N-methyl/N-ethyl adjacent to an activating group) is 1. The summed E-state index contributed by atoms with van der Waals surface area (Å²) in [6.45, 7) is 5.26. The molecule has 0 aliphatic heterocycles. The minimum atomic E-state index is -0.221. The summed E-state index contributed by atoms with van der Waals surface area (Å²) < 4.78 is 6.86. The van der Waals surface area contributed by atoms with E-state index in [1.807, 2.05) is 38.1 Å². The summed E-state index contributed by atoms with van der Waals surface area (Å²) in [5.41, 5.74) is 0.982. The number of hydrogen-bond acceptors (Lipinski definition) is 7. The minimum Gasteiger partial charge on any atom is -0.497 e. The molecule has 0 amide bonds. The smallest absolute Gasteiger partial charge is 0.230 e. The lowest BCUT2D eigenvalue weighted by molar-refractivity contribution is 0.174. The Bertz CT molecular complexity index is 877. The molecular formula is C18H24N4O3S. The topological polar surface area (TPSA) is 83.1 Å². The fourth-order valence-electron chi connectivity index (χ4n) is 3.06. The van der Waals surface area contributed by atoms with Crippen LogP contribution in [0.1, 0.15) is 36.2 Å². The van der Waals surface area contributed by atoms with Gasteiger partial charge < -0.3 is 14.9 Å². The number of thiazole rings is 1. The SMILES string of the molecule is CCc1nc2sc(C(c3cccc(OC)c3)N(CC)CCO)c(O)n2n1. The number of rotatable bonds is 8. The molecule has 0 saturated carbocycles. The van der Waals surface area contributed by atoms with Gasteiger partial charge >= 0.3 is 0 Å². The quantitative estimate of drug-likeness (QED) is 0.628. The van der Waals surface area contributed by atoms with Gasteiger partial charge in [0.2, 0.25) is 10.8 Å². The van der Waals surface area contributed by atoms with Gasteiger partial charge in [-0.15, -0.1) is 5.10 Å². The highest BCUT2D eigenvalue weighted by Gasteiger charge is 2.29. The van der Waals surface area contributed by atoms with Crippen molar-refractivity contribution in [1.82, 2.24) is 19.5 Å². The van der Waals surface area contributed by atoms with Crippen molar-refractivity contribution < 1.29 is 14.9 Å². The van der Waals surface area contributed by atoms with Crippen molar-refractivity contribution in [1.29, 1.82) is 0 Å². The van der Waals surface area contributed by atoms with E-state index in [-0.39, 0.29) is 18.5 Å². The van der Waals surface area contributed by atoms with E-state index in [0.717, 1.165) is 22.7 Å². The average molecular weight is 376 g/mol. The number of benzene rings is 1. The van der Waals surface area contributed by atoms with E-state index in [9.17, 15) is 10.2 Å². The number of aromatic nitrogens is 3. The summed E-state index contributed by atoms with van der Waals surface area (Å²) in [6.07, 6.45) is 0.716. The van der Waals surface area contributed by atoms with Crippen LogP contribution in [0.2, 0.25) is 0 Å². The number of aryl methyl sites for hydroxylation is 1. The number of fused-ring (bicyclic) bond motifs is 1. The van der Waals surface area contributed by atoms with E-state index >= 15 is 0 Å². The number of aromatic hydroxyl groups is 1. The monoisotopic (exact) mass is 376 g/mol. The number of ether oxygens (including phenoxy) is 1. The van der Waals surface area contributed by atoms with E-state index in [1.165, 1.54) is 15.9 Å². The Morgan fingerprint density at radius 2 is 2.15 bits per heavy atom. The summed E-state index contributed by atoms with van der Waals surface area (Å²) >= 11 is 1.42. The second-order valence-corrected chi connectivity index (χ2v) is 6.91. The standard InChI is InChI=1S/C18H24N4O3S/c1-4-14-19-18-22(20-14)17(24)16(26-18)15(21(5-2)9-10-23)12-7-6-8-13(11-12)25-3/h6-8,11,15,23-24H,4-5,9-10H2,1-3H3. The number of aliphatic hydroxyl groups excluding tert-OH is 1. The Kier molecular flexibility index (Phi) is 5.75. The van der Waals surface area contributed by atoms with Crippen molar-refractivity contribution in [2.75, 3.05) is 26.8 Å². The van der Waals surface area contributed by atoms with E-state index in [1.54, 1.807) is 7.11 Å². The first kappa shape index (κ1) is 18.6. The van der Waals surface area contributed by atoms with E-state index in [2.05, 4.69) is 15.0 Å². The highest BCUT2D eigenvalue weighted by Crippen LogP contribution is 2.40. The summed E-state index contributed by atoms with van der Waals surface area (Å²) in [7, 11) is 1.63. The van der Waals surface area contributed by atoms with Gasteiger partial charge in [-0.2, -0.15) is 4.52 Å². The molecule has 0 fully saturated rings. The molecule has 0 aliphatic rings. The number of methoxy groups -OCH3 is 1. The van der Waals surface area contributed by atoms with Gasteiger partial charge in [-0.05, 0) is 24.2 Å². The minimum absolute atomic E-state index is 0.0375. The Morgan fingerprint density at radius 3 is 2.77 bits per heavy atom. The van der Waals surface area contributed by atoms with Crippen LogP contribution in [0.25, 0.3) is 4.96 Å². The zero-order valence-corrected chi connectivity index (χ0v) is 16.0. The maximum absolute atomic E-state index is 10.8. The van der Waals surface area contributed by atoms with Crippen molar-refractivity contribution in [3.8, 4) is 11.6 Å². The molecule has 8 heteroatoms. The van der Waals surface area contributed by atoms with Gasteiger partial charge in [-0.3, -0.25) is 4.90 Å². The highest BCUT2D eigenvalue weighted by atomic mass is 32.1. The van der Waals surface area contributed by atoms with Crippen LogP contribution in [0.15, 0.2) is 24.3 Å². The van der Waals surface area contributed by atoms with Gasteiger partial charge in [0.05, 0.1) is 24.6 Å². The predicted molar refractivity (Wildman–Crippen MR) is 101 cm³/mol. The first-order valence-electron chi connectivity index (χ1n) is 8.69. The van der Waals surface area contributed by atoms with E-state index < -0.39 is 0 Å². The third-order valence-electron chi connectivity index (χ3n) is 4.38. The molecule has 7 nitrogen and oxygen atoms in total. The molecule has 0 aliphatic carbocycles. The Balaban J connectivity index is 2.13. The normalized spacial score (nSPS) is 12.8. The average Bonchev–Trinajstić information content (AvgIpc) is 3.21. The summed E-state index contributed by atoms with van der Waals surface area (Å²) in [5.74, 6) is 1.56. The van der Waals surface area contributed by atoms with Crippen LogP contribution >= 0.6 is 11.3 Å². The van der Waals surface area contributed by atoms with Gasteiger partial charge in [0.25, 0.3) is 0 Å². The molecule has 140 valence electrons. The maximum atomic E-state index is 10.8. The van der Waals surface area contributed by atoms with E-state index in [0.29, 0.717) is 23.8 Å². The summed E-state index contributed by atoms with van der Waals surface area (Å²) in [4.78, 5) is 8.01. The van der Waals surface area contributed by atoms with Gasteiger partial charge in [0.1, 0.15) is 5.75 Å². The largest absolute Gasteiger partial charge is 0.497 e. The Morgan fingerprint density at radius 1 is 1.35 bits per heavy atom. The zero-order valence-electron chi connectivity index (χ0n) is 15.2. The summed E-state index contributed by atoms with van der Waals surface area (Å²) in [5, 5.41) is 24.7. The molecule has 3 aromatic rings. The summed E-state index contributed by atoms with van der Waals surface area (Å²) in [6, 6.07) is 7.55. The molecule has 1 atom stereocenters. The number of aliphatic hydroxyl groups is 1. The molecule has 0 spiro atoms. The second kappa shape index (κ2) is 8.03. The first-order chi connectivity index (χ1) is 12.6. The van der Waals surface area contributed by atoms with Crippen molar-refractivity contribution >= 4 is 16.3 Å². The van der Waals surface area contributed by atoms with Gasteiger partial charge in [0, 0.05) is 13.0 Å². The lowest BCUT2D eigenvalue weighted by atomic mass is 10.0. The van der Waals surface area contributed by atoms with Crippen LogP contribution in [0, 0.1) is 0 Å². The molecule has 2 heterocycles. The van der Waals surface area contributed by atoms with Crippen LogP contribution < -0.4 is 4.74 Å². The van der Waals surface area contributed by atoms with Crippen LogP contribution in [-0.4, -0.2) is 56.5 Å². The fourth-order valence-corrected chi connectivity index (χ4v) is 4.19. The van der Waals surface area contributed by atoms with E-state index in [4.69, 9.17) is 4.74 Å². The van der Waals surface area contributed by atoms with Gasteiger partial charge in [0.15, 0.2) is 5.82 Å².